The van der Waals surface area contributed by atoms with Crippen LogP contribution in [0.25, 0.3) is 0 Å². The van der Waals surface area contributed by atoms with E-state index >= 15 is 0 Å². The van der Waals surface area contributed by atoms with Crippen molar-refractivity contribution < 1.29 is 53.8 Å². The van der Waals surface area contributed by atoms with E-state index in [1.807, 2.05) is 6.92 Å². The van der Waals surface area contributed by atoms with Gasteiger partial charge in [-0.25, -0.2) is 0 Å². The average molecular weight is 286 g/mol. The third-order valence-corrected chi connectivity index (χ3v) is 2.79. The first kappa shape index (κ1) is 18.8. The van der Waals surface area contributed by atoms with Crippen molar-refractivity contribution in [1.29, 1.82) is 0 Å². The maximum absolute atomic E-state index is 12.3. The van der Waals surface area contributed by atoms with Crippen LogP contribution in [0.15, 0.2) is 24.3 Å². The third-order valence-electron chi connectivity index (χ3n) is 2.79. The number of hydrogen-bond donors (Lipinski definition) is 0. The van der Waals surface area contributed by atoms with Gasteiger partial charge in [-0.15, -0.1) is 0 Å². The van der Waals surface area contributed by atoms with Crippen molar-refractivity contribution in [1.82, 2.24) is 0 Å². The number of benzene rings is 1. The number of rotatable bonds is 6. The molecule has 0 saturated heterocycles. The maximum atomic E-state index is 12.3. The van der Waals surface area contributed by atoms with Gasteiger partial charge in [0.05, 0.1) is 13.1 Å². The smallest absolute Gasteiger partial charge is 0.545 e. The molecule has 0 fully saturated rings. The summed E-state index contributed by atoms with van der Waals surface area (Å²) in [4.78, 5) is 34.8. The number of carboxylic acids is 1. The van der Waals surface area contributed by atoms with E-state index in [1.54, 1.807) is 6.07 Å². The van der Waals surface area contributed by atoms with Crippen LogP contribution in [0.1, 0.15) is 40.5 Å². The Balaban J connectivity index is 0.00000361. The molecule has 0 radical (unpaired) electrons. The quantitative estimate of drug-likeness (QED) is 0.257. The Hall–Kier alpha value is -1.17. The van der Waals surface area contributed by atoms with Crippen molar-refractivity contribution in [3.05, 3.63) is 35.4 Å². The largest absolute Gasteiger partial charge is 1.00 e. The molecule has 0 amide bonds. The zero-order chi connectivity index (χ0) is 14.4. The summed E-state index contributed by atoms with van der Waals surface area (Å²) in [5, 5.41) is 11.0. The Morgan fingerprint density at radius 1 is 1.20 bits per heavy atom. The van der Waals surface area contributed by atoms with Crippen molar-refractivity contribution in [3.63, 3.8) is 0 Å². The van der Waals surface area contributed by atoms with Crippen LogP contribution < -0.4 is 34.7 Å². The first-order valence-electron chi connectivity index (χ1n) is 5.95. The number of ether oxygens (including phenoxy) is 1. The van der Waals surface area contributed by atoms with Gasteiger partial charge in [-0.1, -0.05) is 37.6 Å². The van der Waals surface area contributed by atoms with E-state index in [1.165, 1.54) is 25.3 Å². The first-order chi connectivity index (χ1) is 9.02. The van der Waals surface area contributed by atoms with Crippen molar-refractivity contribution in [3.8, 4) is 0 Å². The van der Waals surface area contributed by atoms with Crippen LogP contribution in [-0.2, 0) is 9.53 Å². The molecule has 0 spiro atoms. The minimum absolute atomic E-state index is 0. The molecular formula is C14H15NaO5. The molecule has 1 unspecified atom stereocenters. The number of ketones is 1. The molecule has 0 aromatic heterocycles. The fourth-order valence-electron chi connectivity index (χ4n) is 1.85. The third kappa shape index (κ3) is 4.44. The Kier molecular flexibility index (Phi) is 8.37. The fourth-order valence-corrected chi connectivity index (χ4v) is 1.85. The number of esters is 1. The summed E-state index contributed by atoms with van der Waals surface area (Å²) in [5.74, 6) is -3.62. The van der Waals surface area contributed by atoms with Crippen LogP contribution >= 0.6 is 0 Å². The summed E-state index contributed by atoms with van der Waals surface area (Å²) in [6, 6.07) is 5.69. The first-order valence-corrected chi connectivity index (χ1v) is 5.95. The predicted molar refractivity (Wildman–Crippen MR) is 65.5 cm³/mol. The van der Waals surface area contributed by atoms with Gasteiger partial charge in [0.15, 0.2) is 5.78 Å². The Labute approximate surface area is 139 Å². The second-order valence-corrected chi connectivity index (χ2v) is 4.06. The molecular weight excluding hydrogens is 271 g/mol. The molecule has 1 aromatic carbocycles. The monoisotopic (exact) mass is 286 g/mol. The molecule has 0 aliphatic carbocycles. The number of Topliss-reactive ketones (excluding diaryl/α,β-unsaturated/α-hetero) is 1. The molecule has 0 aliphatic rings. The number of carboxylic acid groups (broad SMARTS) is 1. The Morgan fingerprint density at radius 3 is 2.20 bits per heavy atom. The van der Waals surface area contributed by atoms with Gasteiger partial charge in [0.25, 0.3) is 0 Å². The van der Waals surface area contributed by atoms with E-state index in [9.17, 15) is 19.5 Å². The van der Waals surface area contributed by atoms with Crippen LogP contribution in [0.5, 0.6) is 0 Å². The number of carbonyl (C=O) groups is 3. The molecule has 1 aromatic rings. The number of carbonyl (C=O) groups excluding carboxylic acids is 3. The van der Waals surface area contributed by atoms with Crippen molar-refractivity contribution in [2.24, 2.45) is 5.92 Å². The SMILES string of the molecule is CCCC(C(=O)OC)C(=O)c1ccccc1C(=O)[O-].[Na+]. The molecule has 20 heavy (non-hydrogen) atoms. The fraction of sp³-hybridized carbons (Fsp3) is 0.357. The molecule has 6 heteroatoms. The standard InChI is InChI=1S/C14H16O5.Na/c1-3-6-11(14(18)19-2)12(15)9-7-4-5-8-10(9)13(16)17;/h4-5,7-8,11H,3,6H2,1-2H3,(H,16,17);/q;+1/p-1. The van der Waals surface area contributed by atoms with E-state index in [2.05, 4.69) is 4.74 Å². The normalized spacial score (nSPS) is 11.1. The van der Waals surface area contributed by atoms with E-state index < -0.39 is 23.6 Å². The molecule has 0 aliphatic heterocycles. The van der Waals surface area contributed by atoms with Gasteiger partial charge in [0.1, 0.15) is 5.92 Å². The van der Waals surface area contributed by atoms with Crippen LogP contribution in [0.3, 0.4) is 0 Å². The second kappa shape index (κ2) is 8.89. The summed E-state index contributed by atoms with van der Waals surface area (Å²) in [7, 11) is 1.20. The van der Waals surface area contributed by atoms with Crippen molar-refractivity contribution in [2.75, 3.05) is 7.11 Å². The molecule has 0 heterocycles. The van der Waals surface area contributed by atoms with Crippen LogP contribution in [-0.4, -0.2) is 24.8 Å². The van der Waals surface area contributed by atoms with Gasteiger partial charge in [-0.2, -0.15) is 0 Å². The molecule has 0 N–H and O–H groups in total. The topological polar surface area (TPSA) is 83.5 Å². The summed E-state index contributed by atoms with van der Waals surface area (Å²) in [6.07, 6.45) is 0.923. The second-order valence-electron chi connectivity index (χ2n) is 4.06. The molecule has 0 saturated carbocycles. The number of aromatic carboxylic acids is 1. The Bertz CT molecular complexity index is 498. The molecule has 1 rings (SSSR count). The summed E-state index contributed by atoms with van der Waals surface area (Å²) >= 11 is 0. The zero-order valence-corrected chi connectivity index (χ0v) is 13.8. The van der Waals surface area contributed by atoms with E-state index in [0.717, 1.165) is 0 Å². The summed E-state index contributed by atoms with van der Waals surface area (Å²) in [6.45, 7) is 1.83. The zero-order valence-electron chi connectivity index (χ0n) is 11.8. The molecule has 5 nitrogen and oxygen atoms in total. The van der Waals surface area contributed by atoms with Crippen LogP contribution in [0, 0.1) is 5.92 Å². The van der Waals surface area contributed by atoms with Crippen LogP contribution in [0.4, 0.5) is 0 Å². The molecule has 102 valence electrons. The minimum atomic E-state index is -1.44. The molecule has 1 atom stereocenters. The molecule has 0 bridgehead atoms. The van der Waals surface area contributed by atoms with Gasteiger partial charge in [0, 0.05) is 11.1 Å². The van der Waals surface area contributed by atoms with E-state index in [4.69, 9.17) is 0 Å². The van der Waals surface area contributed by atoms with E-state index in [0.29, 0.717) is 12.8 Å². The van der Waals surface area contributed by atoms with Crippen molar-refractivity contribution >= 4 is 17.7 Å². The Morgan fingerprint density at radius 2 is 1.75 bits per heavy atom. The maximum Gasteiger partial charge on any atom is 1.00 e. The number of methoxy groups -OCH3 is 1. The van der Waals surface area contributed by atoms with Gasteiger partial charge in [-0.3, -0.25) is 9.59 Å². The van der Waals surface area contributed by atoms with Gasteiger partial charge >= 0.3 is 35.5 Å². The average Bonchev–Trinajstić information content (AvgIpc) is 2.43. The summed E-state index contributed by atoms with van der Waals surface area (Å²) < 4.78 is 4.59. The van der Waals surface area contributed by atoms with Gasteiger partial charge in [0.2, 0.25) is 0 Å². The predicted octanol–water partition coefficient (Wildman–Crippen LogP) is -2.17. The minimum Gasteiger partial charge on any atom is -0.545 e. The van der Waals surface area contributed by atoms with Crippen molar-refractivity contribution in [2.45, 2.75) is 19.8 Å². The van der Waals surface area contributed by atoms with Gasteiger partial charge < -0.3 is 14.6 Å². The number of hydrogen-bond acceptors (Lipinski definition) is 5. The van der Waals surface area contributed by atoms with E-state index in [-0.39, 0.29) is 40.7 Å². The van der Waals surface area contributed by atoms with Gasteiger partial charge in [-0.05, 0) is 6.42 Å². The van der Waals surface area contributed by atoms with Crippen LogP contribution in [0.2, 0.25) is 0 Å². The summed E-state index contributed by atoms with van der Waals surface area (Å²) in [5.41, 5.74) is -0.233.